The molecule has 0 unspecified atom stereocenters. The first-order valence-electron chi connectivity index (χ1n) is 4.87. The van der Waals surface area contributed by atoms with E-state index in [2.05, 4.69) is 9.72 Å². The number of carbonyl (C=O) groups excluding carboxylic acids is 1. The van der Waals surface area contributed by atoms with Crippen molar-refractivity contribution >= 4 is 11.7 Å². The number of hydrogen-bond donors (Lipinski definition) is 1. The van der Waals surface area contributed by atoms with Gasteiger partial charge >= 0.3 is 12.1 Å². The average molecular weight is 264 g/mol. The fourth-order valence-corrected chi connectivity index (χ4v) is 1.08. The highest BCUT2D eigenvalue weighted by molar-refractivity contribution is 5.95. The number of pyridine rings is 1. The van der Waals surface area contributed by atoms with Gasteiger partial charge in [-0.2, -0.15) is 13.2 Å². The molecule has 0 aromatic carbocycles. The van der Waals surface area contributed by atoms with Crippen molar-refractivity contribution < 1.29 is 27.4 Å². The summed E-state index contributed by atoms with van der Waals surface area (Å²) in [6, 6.07) is 1.14. The van der Waals surface area contributed by atoms with Crippen LogP contribution >= 0.6 is 0 Å². The maximum Gasteiger partial charge on any atom is 0.392 e. The third-order valence-corrected chi connectivity index (χ3v) is 1.95. The van der Waals surface area contributed by atoms with Gasteiger partial charge in [-0.15, -0.1) is 0 Å². The van der Waals surface area contributed by atoms with Gasteiger partial charge in [-0.1, -0.05) is 0 Å². The molecule has 5 nitrogen and oxygen atoms in total. The molecular formula is C10H11F3N2O3. The van der Waals surface area contributed by atoms with Crippen LogP contribution in [0, 0.1) is 0 Å². The quantitative estimate of drug-likeness (QED) is 0.839. The van der Waals surface area contributed by atoms with Crippen molar-refractivity contribution in [2.45, 2.75) is 12.6 Å². The predicted octanol–water partition coefficient (Wildman–Crippen LogP) is 1.78. The van der Waals surface area contributed by atoms with Gasteiger partial charge in [0, 0.05) is 6.07 Å². The van der Waals surface area contributed by atoms with Crippen molar-refractivity contribution in [2.75, 3.05) is 19.5 Å². The summed E-state index contributed by atoms with van der Waals surface area (Å²) in [7, 11) is 1.16. The van der Waals surface area contributed by atoms with Gasteiger partial charge in [0.25, 0.3) is 0 Å². The zero-order chi connectivity index (χ0) is 13.8. The molecule has 1 aromatic rings. The Bertz CT molecular complexity index is 435. The molecule has 0 radical (unpaired) electrons. The molecule has 2 N–H and O–H groups in total. The van der Waals surface area contributed by atoms with Crippen LogP contribution in [0.25, 0.3) is 0 Å². The van der Waals surface area contributed by atoms with Crippen molar-refractivity contribution in [3.8, 4) is 5.88 Å². The molecule has 1 rings (SSSR count). The SMILES string of the molecule is COC(=O)c1cc(OCCC(F)(F)F)ncc1N. The molecule has 8 heteroatoms. The molecule has 0 aliphatic heterocycles. The first-order valence-corrected chi connectivity index (χ1v) is 4.87. The number of nitrogen functional groups attached to an aromatic ring is 1. The molecule has 1 aromatic heterocycles. The van der Waals surface area contributed by atoms with E-state index in [0.29, 0.717) is 0 Å². The van der Waals surface area contributed by atoms with Crippen LogP contribution in [0.15, 0.2) is 12.3 Å². The van der Waals surface area contributed by atoms with Gasteiger partial charge in [0.05, 0.1) is 37.6 Å². The van der Waals surface area contributed by atoms with Crippen molar-refractivity contribution in [3.05, 3.63) is 17.8 Å². The normalized spacial score (nSPS) is 11.1. The zero-order valence-corrected chi connectivity index (χ0v) is 9.45. The summed E-state index contributed by atoms with van der Waals surface area (Å²) in [5, 5.41) is 0. The first kappa shape index (κ1) is 14.1. The number of halogens is 3. The number of rotatable bonds is 4. The fraction of sp³-hybridized carbons (Fsp3) is 0.400. The van der Waals surface area contributed by atoms with E-state index >= 15 is 0 Å². The number of anilines is 1. The van der Waals surface area contributed by atoms with E-state index < -0.39 is 25.2 Å². The molecular weight excluding hydrogens is 253 g/mol. The highest BCUT2D eigenvalue weighted by Gasteiger charge is 2.27. The molecule has 0 aliphatic rings. The van der Waals surface area contributed by atoms with Crippen LogP contribution < -0.4 is 10.5 Å². The minimum absolute atomic E-state index is 0.00508. The van der Waals surface area contributed by atoms with Crippen LogP contribution in [0.4, 0.5) is 18.9 Å². The molecule has 0 aliphatic carbocycles. The molecule has 100 valence electrons. The van der Waals surface area contributed by atoms with Crippen LogP contribution in [0.3, 0.4) is 0 Å². The number of esters is 1. The maximum absolute atomic E-state index is 11.9. The second kappa shape index (κ2) is 5.56. The second-order valence-corrected chi connectivity index (χ2v) is 3.32. The summed E-state index contributed by atoms with van der Waals surface area (Å²) >= 11 is 0. The van der Waals surface area contributed by atoms with E-state index in [1.54, 1.807) is 0 Å². The van der Waals surface area contributed by atoms with Gasteiger partial charge in [0.2, 0.25) is 5.88 Å². The van der Waals surface area contributed by atoms with Crippen LogP contribution in [-0.2, 0) is 4.74 Å². The molecule has 1 heterocycles. The Kier molecular flexibility index (Phi) is 4.35. The molecule has 0 saturated heterocycles. The summed E-state index contributed by atoms with van der Waals surface area (Å²) in [6.45, 7) is -0.582. The van der Waals surface area contributed by atoms with Gasteiger partial charge < -0.3 is 15.2 Å². The Hall–Kier alpha value is -1.99. The van der Waals surface area contributed by atoms with Gasteiger partial charge in [-0.3, -0.25) is 0 Å². The molecule has 0 saturated carbocycles. The maximum atomic E-state index is 11.9. The highest BCUT2D eigenvalue weighted by atomic mass is 19.4. The lowest BCUT2D eigenvalue weighted by Crippen LogP contribution is -2.14. The largest absolute Gasteiger partial charge is 0.477 e. The molecule has 0 spiro atoms. The fourth-order valence-electron chi connectivity index (χ4n) is 1.08. The lowest BCUT2D eigenvalue weighted by Gasteiger charge is -2.09. The van der Waals surface area contributed by atoms with E-state index in [0.717, 1.165) is 19.4 Å². The van der Waals surface area contributed by atoms with Gasteiger partial charge in [-0.05, 0) is 0 Å². The molecule has 0 atom stereocenters. The number of aromatic nitrogens is 1. The zero-order valence-electron chi connectivity index (χ0n) is 9.45. The Balaban J connectivity index is 2.71. The Morgan fingerprint density at radius 3 is 2.72 bits per heavy atom. The third-order valence-electron chi connectivity index (χ3n) is 1.95. The van der Waals surface area contributed by atoms with E-state index in [9.17, 15) is 18.0 Å². The Morgan fingerprint density at radius 2 is 2.17 bits per heavy atom. The molecule has 0 fully saturated rings. The molecule has 0 amide bonds. The smallest absolute Gasteiger partial charge is 0.392 e. The Labute approximate surface area is 101 Å². The van der Waals surface area contributed by atoms with Crippen molar-refractivity contribution in [1.82, 2.24) is 4.98 Å². The number of nitrogens with zero attached hydrogens (tertiary/aromatic N) is 1. The van der Waals surface area contributed by atoms with E-state index in [1.807, 2.05) is 0 Å². The standard InChI is InChI=1S/C10H11F3N2O3/c1-17-9(16)6-4-8(15-5-7(6)14)18-3-2-10(11,12)13/h4-5H,2-3,14H2,1H3. The lowest BCUT2D eigenvalue weighted by molar-refractivity contribution is -0.139. The summed E-state index contributed by atoms with van der Waals surface area (Å²) in [4.78, 5) is 14.9. The summed E-state index contributed by atoms with van der Waals surface area (Å²) in [5.41, 5.74) is 5.52. The van der Waals surface area contributed by atoms with E-state index in [-0.39, 0.29) is 17.1 Å². The monoisotopic (exact) mass is 264 g/mol. The summed E-state index contributed by atoms with van der Waals surface area (Å²) in [6.07, 6.45) is -4.29. The minimum Gasteiger partial charge on any atom is -0.477 e. The van der Waals surface area contributed by atoms with Crippen LogP contribution in [-0.4, -0.2) is 30.8 Å². The minimum atomic E-state index is -4.31. The number of hydrogen-bond acceptors (Lipinski definition) is 5. The molecule has 18 heavy (non-hydrogen) atoms. The molecule has 0 bridgehead atoms. The average Bonchev–Trinajstić information content (AvgIpc) is 2.28. The number of alkyl halides is 3. The predicted molar refractivity (Wildman–Crippen MR) is 56.2 cm³/mol. The van der Waals surface area contributed by atoms with Gasteiger partial charge in [0.1, 0.15) is 0 Å². The van der Waals surface area contributed by atoms with Gasteiger partial charge in [-0.25, -0.2) is 9.78 Å². The lowest BCUT2D eigenvalue weighted by atomic mass is 10.2. The van der Waals surface area contributed by atoms with Crippen molar-refractivity contribution in [2.24, 2.45) is 0 Å². The van der Waals surface area contributed by atoms with Crippen LogP contribution in [0.1, 0.15) is 16.8 Å². The number of carbonyl (C=O) groups is 1. The number of ether oxygens (including phenoxy) is 2. The van der Waals surface area contributed by atoms with Crippen LogP contribution in [0.2, 0.25) is 0 Å². The summed E-state index contributed by atoms with van der Waals surface area (Å²) in [5.74, 6) is -0.829. The number of nitrogens with two attached hydrogens (primary N) is 1. The topological polar surface area (TPSA) is 74.4 Å². The highest BCUT2D eigenvalue weighted by Crippen LogP contribution is 2.21. The van der Waals surface area contributed by atoms with E-state index in [4.69, 9.17) is 10.5 Å². The first-order chi connectivity index (χ1) is 8.33. The van der Waals surface area contributed by atoms with Crippen LogP contribution in [0.5, 0.6) is 5.88 Å². The second-order valence-electron chi connectivity index (χ2n) is 3.32. The van der Waals surface area contributed by atoms with Gasteiger partial charge in [0.15, 0.2) is 0 Å². The summed E-state index contributed by atoms with van der Waals surface area (Å²) < 4.78 is 44.9. The third kappa shape index (κ3) is 4.11. The van der Waals surface area contributed by atoms with Crippen molar-refractivity contribution in [1.29, 1.82) is 0 Å². The van der Waals surface area contributed by atoms with Crippen molar-refractivity contribution in [3.63, 3.8) is 0 Å². The van der Waals surface area contributed by atoms with E-state index in [1.165, 1.54) is 0 Å². The number of methoxy groups -OCH3 is 1. The Morgan fingerprint density at radius 1 is 1.50 bits per heavy atom.